The van der Waals surface area contributed by atoms with Gasteiger partial charge < -0.3 is 10.3 Å². The van der Waals surface area contributed by atoms with Crippen LogP contribution in [-0.2, 0) is 5.75 Å². The van der Waals surface area contributed by atoms with Crippen molar-refractivity contribution in [2.45, 2.75) is 12.7 Å². The van der Waals surface area contributed by atoms with Gasteiger partial charge in [-0.05, 0) is 42.5 Å². The SMILES string of the molecule is CC(CN)CSCc1noc(-c2ccc(Cl)cc2)n1. The van der Waals surface area contributed by atoms with E-state index in [4.69, 9.17) is 21.9 Å². The van der Waals surface area contributed by atoms with Crippen molar-refractivity contribution < 1.29 is 4.52 Å². The van der Waals surface area contributed by atoms with Crippen LogP contribution < -0.4 is 5.73 Å². The monoisotopic (exact) mass is 297 g/mol. The molecule has 4 nitrogen and oxygen atoms in total. The third kappa shape index (κ3) is 4.23. The van der Waals surface area contributed by atoms with Crippen molar-refractivity contribution in [3.05, 3.63) is 35.1 Å². The number of rotatable bonds is 6. The lowest BCUT2D eigenvalue weighted by Gasteiger charge is -2.05. The topological polar surface area (TPSA) is 64.9 Å². The van der Waals surface area contributed by atoms with Crippen LogP contribution >= 0.6 is 23.4 Å². The molecule has 0 saturated carbocycles. The van der Waals surface area contributed by atoms with Gasteiger partial charge in [0.05, 0.1) is 5.75 Å². The van der Waals surface area contributed by atoms with Gasteiger partial charge in [-0.25, -0.2) is 0 Å². The number of halogens is 1. The molecule has 0 bridgehead atoms. The van der Waals surface area contributed by atoms with Gasteiger partial charge in [0, 0.05) is 10.6 Å². The van der Waals surface area contributed by atoms with Crippen LogP contribution in [0.1, 0.15) is 12.7 Å². The summed E-state index contributed by atoms with van der Waals surface area (Å²) in [6.07, 6.45) is 0. The van der Waals surface area contributed by atoms with Crippen LogP contribution in [0.15, 0.2) is 28.8 Å². The maximum absolute atomic E-state index is 5.84. The summed E-state index contributed by atoms with van der Waals surface area (Å²) in [6, 6.07) is 7.34. The second-order valence-electron chi connectivity index (χ2n) is 4.38. The lowest BCUT2D eigenvalue weighted by molar-refractivity contribution is 0.425. The maximum Gasteiger partial charge on any atom is 0.257 e. The Hall–Kier alpha value is -1.04. The van der Waals surface area contributed by atoms with E-state index in [1.54, 1.807) is 23.9 Å². The zero-order chi connectivity index (χ0) is 13.7. The predicted octanol–water partition coefficient (Wildman–Crippen LogP) is 3.22. The minimum absolute atomic E-state index is 0.507. The maximum atomic E-state index is 5.84. The highest BCUT2D eigenvalue weighted by Gasteiger charge is 2.09. The average molecular weight is 298 g/mol. The quantitative estimate of drug-likeness (QED) is 0.887. The lowest BCUT2D eigenvalue weighted by atomic mass is 10.2. The first-order valence-corrected chi connectivity index (χ1v) is 7.58. The van der Waals surface area contributed by atoms with Crippen LogP contribution in [-0.4, -0.2) is 22.4 Å². The van der Waals surface area contributed by atoms with E-state index in [0.717, 1.165) is 17.1 Å². The number of hydrogen-bond donors (Lipinski definition) is 1. The standard InChI is InChI=1S/C13H16ClN3OS/c1-9(6-15)7-19-8-12-16-13(18-17-12)10-2-4-11(14)5-3-10/h2-5,9H,6-8,15H2,1H3. The van der Waals surface area contributed by atoms with Crippen LogP contribution in [0.3, 0.4) is 0 Å². The Balaban J connectivity index is 1.93. The number of nitrogens with two attached hydrogens (primary N) is 1. The first-order chi connectivity index (χ1) is 9.19. The molecule has 0 aliphatic rings. The predicted molar refractivity (Wildman–Crippen MR) is 79.1 cm³/mol. The summed E-state index contributed by atoms with van der Waals surface area (Å²) in [6.45, 7) is 2.83. The minimum atomic E-state index is 0.507. The molecule has 1 atom stereocenters. The molecule has 0 fully saturated rings. The molecule has 1 aromatic heterocycles. The summed E-state index contributed by atoms with van der Waals surface area (Å²) in [5.74, 6) is 3.48. The number of benzene rings is 1. The van der Waals surface area contributed by atoms with Gasteiger partial charge in [0.15, 0.2) is 5.82 Å². The first-order valence-electron chi connectivity index (χ1n) is 6.05. The largest absolute Gasteiger partial charge is 0.334 e. The summed E-state index contributed by atoms with van der Waals surface area (Å²) >= 11 is 7.60. The second kappa shape index (κ2) is 6.93. The zero-order valence-corrected chi connectivity index (χ0v) is 12.2. The van der Waals surface area contributed by atoms with E-state index in [1.165, 1.54) is 0 Å². The molecular formula is C13H16ClN3OS. The van der Waals surface area contributed by atoms with Crippen LogP contribution in [0, 0.1) is 5.92 Å². The lowest BCUT2D eigenvalue weighted by Crippen LogP contribution is -2.12. The Bertz CT molecular complexity index is 515. The van der Waals surface area contributed by atoms with Gasteiger partial charge in [-0.15, -0.1) is 0 Å². The first kappa shape index (κ1) is 14.4. The van der Waals surface area contributed by atoms with E-state index in [0.29, 0.717) is 29.2 Å². The van der Waals surface area contributed by atoms with Crippen molar-refractivity contribution in [1.82, 2.24) is 10.1 Å². The van der Waals surface area contributed by atoms with Crippen molar-refractivity contribution in [3.8, 4) is 11.5 Å². The Labute approximate surface area is 121 Å². The Kier molecular flexibility index (Phi) is 5.24. The summed E-state index contributed by atoms with van der Waals surface area (Å²) in [5.41, 5.74) is 6.45. The van der Waals surface area contributed by atoms with Crippen molar-refractivity contribution in [3.63, 3.8) is 0 Å². The molecular weight excluding hydrogens is 282 g/mol. The smallest absolute Gasteiger partial charge is 0.257 e. The molecule has 19 heavy (non-hydrogen) atoms. The molecule has 1 aromatic carbocycles. The van der Waals surface area contributed by atoms with Crippen molar-refractivity contribution in [2.75, 3.05) is 12.3 Å². The number of aromatic nitrogens is 2. The molecule has 0 radical (unpaired) electrons. The van der Waals surface area contributed by atoms with Gasteiger partial charge >= 0.3 is 0 Å². The van der Waals surface area contributed by atoms with E-state index in [2.05, 4.69) is 17.1 Å². The van der Waals surface area contributed by atoms with Gasteiger partial charge in [0.2, 0.25) is 0 Å². The number of hydrogen-bond acceptors (Lipinski definition) is 5. The fourth-order valence-electron chi connectivity index (χ4n) is 1.44. The van der Waals surface area contributed by atoms with Crippen molar-refractivity contribution >= 4 is 23.4 Å². The second-order valence-corrected chi connectivity index (χ2v) is 5.85. The van der Waals surface area contributed by atoms with Gasteiger partial charge in [-0.2, -0.15) is 16.7 Å². The molecule has 2 N–H and O–H groups in total. The molecule has 0 aliphatic carbocycles. The molecule has 0 amide bonds. The molecule has 2 rings (SSSR count). The molecule has 0 spiro atoms. The molecule has 2 aromatic rings. The zero-order valence-electron chi connectivity index (χ0n) is 10.7. The van der Waals surface area contributed by atoms with E-state index in [1.807, 2.05) is 12.1 Å². The highest BCUT2D eigenvalue weighted by molar-refractivity contribution is 7.98. The van der Waals surface area contributed by atoms with Crippen molar-refractivity contribution in [2.24, 2.45) is 11.7 Å². The molecule has 0 aliphatic heterocycles. The van der Waals surface area contributed by atoms with E-state index in [-0.39, 0.29) is 0 Å². The highest BCUT2D eigenvalue weighted by Crippen LogP contribution is 2.21. The van der Waals surface area contributed by atoms with Gasteiger partial charge in [0.25, 0.3) is 5.89 Å². The van der Waals surface area contributed by atoms with E-state index in [9.17, 15) is 0 Å². The highest BCUT2D eigenvalue weighted by atomic mass is 35.5. The van der Waals surface area contributed by atoms with Crippen LogP contribution in [0.2, 0.25) is 5.02 Å². The normalized spacial score (nSPS) is 12.6. The Morgan fingerprint density at radius 2 is 2.11 bits per heavy atom. The fraction of sp³-hybridized carbons (Fsp3) is 0.385. The number of thioether (sulfide) groups is 1. The van der Waals surface area contributed by atoms with Gasteiger partial charge in [-0.1, -0.05) is 23.7 Å². The Morgan fingerprint density at radius 1 is 1.37 bits per heavy atom. The third-order valence-electron chi connectivity index (χ3n) is 2.60. The number of nitrogens with zero attached hydrogens (tertiary/aromatic N) is 2. The van der Waals surface area contributed by atoms with Crippen LogP contribution in [0.25, 0.3) is 11.5 Å². The summed E-state index contributed by atoms with van der Waals surface area (Å²) in [7, 11) is 0. The molecule has 1 unspecified atom stereocenters. The molecule has 6 heteroatoms. The molecule has 0 saturated heterocycles. The van der Waals surface area contributed by atoms with Crippen molar-refractivity contribution in [1.29, 1.82) is 0 Å². The van der Waals surface area contributed by atoms with E-state index >= 15 is 0 Å². The summed E-state index contributed by atoms with van der Waals surface area (Å²) in [4.78, 5) is 4.36. The fourth-order valence-corrected chi connectivity index (χ4v) is 2.52. The van der Waals surface area contributed by atoms with Crippen LogP contribution in [0.5, 0.6) is 0 Å². The Morgan fingerprint density at radius 3 is 2.79 bits per heavy atom. The molecule has 102 valence electrons. The third-order valence-corrected chi connectivity index (χ3v) is 4.11. The summed E-state index contributed by atoms with van der Waals surface area (Å²) < 4.78 is 5.23. The van der Waals surface area contributed by atoms with E-state index < -0.39 is 0 Å². The average Bonchev–Trinajstić information content (AvgIpc) is 2.88. The van der Waals surface area contributed by atoms with Gasteiger partial charge in [0.1, 0.15) is 0 Å². The minimum Gasteiger partial charge on any atom is -0.334 e. The molecule has 1 heterocycles. The van der Waals surface area contributed by atoms with Gasteiger partial charge in [-0.3, -0.25) is 0 Å². The summed E-state index contributed by atoms with van der Waals surface area (Å²) in [5, 5.41) is 4.66. The van der Waals surface area contributed by atoms with Crippen LogP contribution in [0.4, 0.5) is 0 Å².